The van der Waals surface area contributed by atoms with Crippen molar-refractivity contribution in [2.45, 2.75) is 28.4 Å². The highest BCUT2D eigenvalue weighted by molar-refractivity contribution is 8.01. The van der Waals surface area contributed by atoms with Gasteiger partial charge in [-0.3, -0.25) is 9.52 Å². The Labute approximate surface area is 149 Å². The fraction of sp³-hybridized carbons (Fsp3) is 0.188. The van der Waals surface area contributed by atoms with Crippen LogP contribution in [0, 0.1) is 0 Å². The van der Waals surface area contributed by atoms with E-state index in [1.54, 1.807) is 24.3 Å². The molecule has 0 unspecified atom stereocenters. The third-order valence-corrected chi connectivity index (χ3v) is 6.58. The lowest BCUT2D eigenvalue weighted by Crippen LogP contribution is -2.28. The molecule has 0 aromatic heterocycles. The highest BCUT2D eigenvalue weighted by Crippen LogP contribution is 2.38. The van der Waals surface area contributed by atoms with Gasteiger partial charge in [-0.05, 0) is 42.8 Å². The predicted molar refractivity (Wildman–Crippen MR) is 97.3 cm³/mol. The van der Waals surface area contributed by atoms with Crippen molar-refractivity contribution in [1.82, 2.24) is 0 Å². The summed E-state index contributed by atoms with van der Waals surface area (Å²) in [6, 6.07) is 11.2. The second kappa shape index (κ2) is 6.66. The number of thioether (sulfide) groups is 1. The zero-order chi connectivity index (χ0) is 17.3. The summed E-state index contributed by atoms with van der Waals surface area (Å²) in [5.74, 6) is -0.104. The average Bonchev–Trinajstić information content (AvgIpc) is 2.53. The first-order valence-electron chi connectivity index (χ1n) is 7.29. The number of carbonyl (C=O) groups excluding carboxylic acids is 1. The molecule has 1 aliphatic rings. The lowest BCUT2D eigenvalue weighted by atomic mass is 10.2. The molecule has 2 N–H and O–H groups in total. The molecule has 1 atom stereocenters. The first kappa shape index (κ1) is 17.1. The SMILES string of the molecule is CC[C@@H]1Sc2ccc(S(=O)(=O)Nc3cccc(Cl)c3)cc2NC1=O. The van der Waals surface area contributed by atoms with Crippen LogP contribution < -0.4 is 10.0 Å². The molecule has 1 heterocycles. The molecule has 5 nitrogen and oxygen atoms in total. The van der Waals surface area contributed by atoms with E-state index in [9.17, 15) is 13.2 Å². The monoisotopic (exact) mass is 382 g/mol. The molecule has 126 valence electrons. The summed E-state index contributed by atoms with van der Waals surface area (Å²) in [4.78, 5) is 12.9. The Balaban J connectivity index is 1.90. The van der Waals surface area contributed by atoms with E-state index < -0.39 is 10.0 Å². The standard InChI is InChI=1S/C16H15ClN2O3S2/c1-2-14-16(20)18-13-9-12(6-7-15(13)23-14)24(21,22)19-11-5-3-4-10(17)8-11/h3-9,14,19H,2H2,1H3,(H,18,20)/t14-/m0/s1. The van der Waals surface area contributed by atoms with E-state index in [1.807, 2.05) is 6.92 Å². The van der Waals surface area contributed by atoms with E-state index in [0.29, 0.717) is 22.8 Å². The maximum atomic E-state index is 12.5. The molecule has 8 heteroatoms. The Morgan fingerprint density at radius 3 is 2.75 bits per heavy atom. The Hall–Kier alpha value is -1.70. The number of nitrogens with one attached hydrogen (secondary N) is 2. The Kier molecular flexibility index (Phi) is 4.76. The van der Waals surface area contributed by atoms with Crippen LogP contribution in [0.2, 0.25) is 5.02 Å². The van der Waals surface area contributed by atoms with E-state index in [-0.39, 0.29) is 16.1 Å². The lowest BCUT2D eigenvalue weighted by molar-refractivity contribution is -0.115. The van der Waals surface area contributed by atoms with Crippen LogP contribution in [0.3, 0.4) is 0 Å². The molecule has 2 aromatic carbocycles. The van der Waals surface area contributed by atoms with Crippen molar-refractivity contribution in [2.75, 3.05) is 10.0 Å². The van der Waals surface area contributed by atoms with Crippen LogP contribution in [0.5, 0.6) is 0 Å². The zero-order valence-electron chi connectivity index (χ0n) is 12.7. The van der Waals surface area contributed by atoms with Gasteiger partial charge in [0.2, 0.25) is 5.91 Å². The van der Waals surface area contributed by atoms with Gasteiger partial charge < -0.3 is 5.32 Å². The third-order valence-electron chi connectivity index (χ3n) is 3.53. The zero-order valence-corrected chi connectivity index (χ0v) is 15.1. The fourth-order valence-corrected chi connectivity index (χ4v) is 4.62. The summed E-state index contributed by atoms with van der Waals surface area (Å²) in [5.41, 5.74) is 0.897. The van der Waals surface area contributed by atoms with Gasteiger partial charge in [0.05, 0.1) is 21.5 Å². The molecule has 0 aliphatic carbocycles. The summed E-state index contributed by atoms with van der Waals surface area (Å²) in [7, 11) is -3.77. The number of benzene rings is 2. The van der Waals surface area contributed by atoms with Crippen LogP contribution in [-0.4, -0.2) is 19.6 Å². The van der Waals surface area contributed by atoms with Crippen molar-refractivity contribution in [1.29, 1.82) is 0 Å². The Morgan fingerprint density at radius 2 is 2.04 bits per heavy atom. The molecule has 24 heavy (non-hydrogen) atoms. The van der Waals surface area contributed by atoms with Gasteiger partial charge in [0.25, 0.3) is 10.0 Å². The van der Waals surface area contributed by atoms with Crippen LogP contribution in [-0.2, 0) is 14.8 Å². The van der Waals surface area contributed by atoms with Crippen LogP contribution >= 0.6 is 23.4 Å². The molecule has 1 amide bonds. The van der Waals surface area contributed by atoms with Crippen molar-refractivity contribution in [3.8, 4) is 0 Å². The highest BCUT2D eigenvalue weighted by Gasteiger charge is 2.27. The molecule has 3 rings (SSSR count). The fourth-order valence-electron chi connectivity index (χ4n) is 2.33. The number of carbonyl (C=O) groups is 1. The minimum absolute atomic E-state index is 0.0806. The topological polar surface area (TPSA) is 75.3 Å². The molecule has 0 spiro atoms. The number of halogens is 1. The second-order valence-electron chi connectivity index (χ2n) is 5.28. The summed E-state index contributed by atoms with van der Waals surface area (Å²) in [5, 5.41) is 3.06. The van der Waals surface area contributed by atoms with Crippen molar-refractivity contribution in [2.24, 2.45) is 0 Å². The van der Waals surface area contributed by atoms with Gasteiger partial charge >= 0.3 is 0 Å². The molecule has 0 fully saturated rings. The molecular formula is C16H15ClN2O3S2. The maximum absolute atomic E-state index is 12.5. The van der Waals surface area contributed by atoms with Gasteiger partial charge in [-0.25, -0.2) is 8.42 Å². The third kappa shape index (κ3) is 3.53. The van der Waals surface area contributed by atoms with Crippen LogP contribution in [0.25, 0.3) is 0 Å². The summed E-state index contributed by atoms with van der Waals surface area (Å²) >= 11 is 7.32. The molecule has 0 saturated carbocycles. The molecular weight excluding hydrogens is 368 g/mol. The van der Waals surface area contributed by atoms with E-state index in [4.69, 9.17) is 11.6 Å². The summed E-state index contributed by atoms with van der Waals surface area (Å²) < 4.78 is 27.5. The number of sulfonamides is 1. The summed E-state index contributed by atoms with van der Waals surface area (Å²) in [6.45, 7) is 1.94. The molecule has 1 aliphatic heterocycles. The second-order valence-corrected chi connectivity index (χ2v) is 8.64. The van der Waals surface area contributed by atoms with Gasteiger partial charge in [0.15, 0.2) is 0 Å². The maximum Gasteiger partial charge on any atom is 0.261 e. The van der Waals surface area contributed by atoms with Gasteiger partial charge in [0, 0.05) is 9.92 Å². The van der Waals surface area contributed by atoms with Crippen LogP contribution in [0.1, 0.15) is 13.3 Å². The quantitative estimate of drug-likeness (QED) is 0.839. The van der Waals surface area contributed by atoms with E-state index in [0.717, 1.165) is 4.90 Å². The predicted octanol–water partition coefficient (Wildman–Crippen LogP) is 3.96. The van der Waals surface area contributed by atoms with Crippen molar-refractivity contribution < 1.29 is 13.2 Å². The average molecular weight is 383 g/mol. The van der Waals surface area contributed by atoms with Crippen molar-refractivity contribution in [3.63, 3.8) is 0 Å². The molecule has 2 aromatic rings. The molecule has 0 radical (unpaired) electrons. The number of amides is 1. The van der Waals surface area contributed by atoms with Crippen molar-refractivity contribution in [3.05, 3.63) is 47.5 Å². The number of hydrogen-bond acceptors (Lipinski definition) is 4. The van der Waals surface area contributed by atoms with E-state index in [2.05, 4.69) is 10.0 Å². The summed E-state index contributed by atoms with van der Waals surface area (Å²) in [6.07, 6.45) is 0.715. The van der Waals surface area contributed by atoms with Gasteiger partial charge in [-0.2, -0.15) is 0 Å². The largest absolute Gasteiger partial charge is 0.324 e. The van der Waals surface area contributed by atoms with Crippen LogP contribution in [0.15, 0.2) is 52.3 Å². The smallest absolute Gasteiger partial charge is 0.261 e. The van der Waals surface area contributed by atoms with E-state index >= 15 is 0 Å². The molecule has 0 bridgehead atoms. The number of hydrogen-bond donors (Lipinski definition) is 2. The van der Waals surface area contributed by atoms with Gasteiger partial charge in [-0.15, -0.1) is 11.8 Å². The minimum atomic E-state index is -3.77. The number of anilines is 2. The lowest BCUT2D eigenvalue weighted by Gasteiger charge is -2.23. The first-order chi connectivity index (χ1) is 11.4. The molecule has 0 saturated heterocycles. The Bertz CT molecular complexity index is 900. The number of fused-ring (bicyclic) bond motifs is 1. The van der Waals surface area contributed by atoms with Gasteiger partial charge in [0.1, 0.15) is 0 Å². The highest BCUT2D eigenvalue weighted by atomic mass is 35.5. The van der Waals surface area contributed by atoms with Crippen LogP contribution in [0.4, 0.5) is 11.4 Å². The minimum Gasteiger partial charge on any atom is -0.324 e. The number of rotatable bonds is 4. The van der Waals surface area contributed by atoms with E-state index in [1.165, 1.54) is 30.0 Å². The van der Waals surface area contributed by atoms with Crippen molar-refractivity contribution >= 4 is 50.7 Å². The first-order valence-corrected chi connectivity index (χ1v) is 10.0. The normalized spacial score (nSPS) is 17.1. The Morgan fingerprint density at radius 1 is 1.25 bits per heavy atom. The van der Waals surface area contributed by atoms with Gasteiger partial charge in [-0.1, -0.05) is 24.6 Å².